The van der Waals surface area contributed by atoms with Gasteiger partial charge in [0.05, 0.1) is 12.6 Å². The number of aromatic hydroxyl groups is 1. The van der Waals surface area contributed by atoms with Crippen molar-refractivity contribution >= 4 is 23.8 Å². The molecule has 5 atom stereocenters. The first-order valence-corrected chi connectivity index (χ1v) is 17.7. The molecule has 0 aromatic heterocycles. The zero-order valence-electron chi connectivity index (χ0n) is 29.4. The summed E-state index contributed by atoms with van der Waals surface area (Å²) in [5, 5.41) is 16.0. The van der Waals surface area contributed by atoms with Gasteiger partial charge in [-0.25, -0.2) is 4.79 Å². The lowest BCUT2D eigenvalue weighted by atomic mass is 9.83. The fourth-order valence-corrected chi connectivity index (χ4v) is 7.23. The summed E-state index contributed by atoms with van der Waals surface area (Å²) in [4.78, 5) is 58.1. The molecular weight excluding hydrogens is 624 g/mol. The summed E-state index contributed by atoms with van der Waals surface area (Å²) in [5.41, 5.74) is 1.59. The minimum Gasteiger partial charge on any atom is -0.508 e. The molecule has 1 heterocycles. The first kappa shape index (κ1) is 36.0. The van der Waals surface area contributed by atoms with E-state index in [0.717, 1.165) is 56.9 Å². The molecule has 3 aliphatic rings. The number of likely N-dealkylation sites (tertiary alicyclic amines) is 1. The van der Waals surface area contributed by atoms with Crippen LogP contribution in [-0.4, -0.2) is 82.1 Å². The average Bonchev–Trinajstić information content (AvgIpc) is 3.51. The quantitative estimate of drug-likeness (QED) is 0.330. The normalized spacial score (nSPS) is 22.3. The van der Waals surface area contributed by atoms with E-state index in [0.29, 0.717) is 5.75 Å². The number of benzene rings is 2. The van der Waals surface area contributed by atoms with E-state index in [2.05, 4.69) is 22.8 Å². The van der Waals surface area contributed by atoms with Gasteiger partial charge in [0.1, 0.15) is 41.3 Å². The monoisotopic (exact) mass is 676 g/mol. The molecule has 0 unspecified atom stereocenters. The van der Waals surface area contributed by atoms with Gasteiger partial charge in [0.25, 0.3) is 0 Å². The van der Waals surface area contributed by atoms with Crippen molar-refractivity contribution in [2.75, 3.05) is 13.6 Å². The molecule has 2 aromatic rings. The largest absolute Gasteiger partial charge is 0.508 e. The van der Waals surface area contributed by atoms with Gasteiger partial charge in [0.2, 0.25) is 17.7 Å². The van der Waals surface area contributed by atoms with Crippen LogP contribution in [0.25, 0.3) is 0 Å². The lowest BCUT2D eigenvalue weighted by molar-refractivity contribution is -0.143. The van der Waals surface area contributed by atoms with E-state index < -0.39 is 41.8 Å². The van der Waals surface area contributed by atoms with E-state index in [9.17, 15) is 24.3 Å². The number of aryl methyl sites for hydroxylation is 1. The Labute approximate surface area is 289 Å². The molecule has 2 aliphatic carbocycles. The highest BCUT2D eigenvalue weighted by Crippen LogP contribution is 2.33. The number of ether oxygens (including phenoxy) is 2. The van der Waals surface area contributed by atoms with Crippen molar-refractivity contribution in [2.24, 2.45) is 5.92 Å². The topological polar surface area (TPSA) is 138 Å². The summed E-state index contributed by atoms with van der Waals surface area (Å²) < 4.78 is 11.7. The SMILES string of the molecule is C[C@@H](C(=O)N[C@H](C(=O)N1C[C@@H](Oc2ccc(O)cc2)C[C@H]1C(=O)N[C@@H]1CCCc2ccccc21)C1CCCCC1)N(C)C(=O)OC(C)(C)C. The molecule has 3 N–H and O–H groups in total. The number of fused-ring (bicyclic) bond motifs is 1. The highest BCUT2D eigenvalue weighted by atomic mass is 16.6. The maximum Gasteiger partial charge on any atom is 0.410 e. The molecule has 11 heteroatoms. The van der Waals surface area contributed by atoms with Gasteiger partial charge in [-0.1, -0.05) is 43.5 Å². The molecule has 5 rings (SSSR count). The predicted octanol–water partition coefficient (Wildman–Crippen LogP) is 5.25. The summed E-state index contributed by atoms with van der Waals surface area (Å²) in [6.07, 6.45) is 6.35. The van der Waals surface area contributed by atoms with Gasteiger partial charge in [-0.2, -0.15) is 0 Å². The molecule has 0 spiro atoms. The number of rotatable bonds is 9. The first-order chi connectivity index (χ1) is 23.3. The Kier molecular flexibility index (Phi) is 11.4. The summed E-state index contributed by atoms with van der Waals surface area (Å²) in [6.45, 7) is 7.05. The number of amides is 4. The van der Waals surface area contributed by atoms with Gasteiger partial charge < -0.3 is 30.1 Å². The van der Waals surface area contributed by atoms with Crippen molar-refractivity contribution in [1.29, 1.82) is 0 Å². The molecular formula is C38H52N4O7. The molecule has 0 radical (unpaired) electrons. The van der Waals surface area contributed by atoms with Crippen LogP contribution in [0.4, 0.5) is 4.79 Å². The second-order valence-electron chi connectivity index (χ2n) is 14.8. The molecule has 4 amide bonds. The Morgan fingerprint density at radius 1 is 0.959 bits per heavy atom. The zero-order chi connectivity index (χ0) is 35.3. The average molecular weight is 677 g/mol. The molecule has 1 saturated carbocycles. The smallest absolute Gasteiger partial charge is 0.410 e. The third kappa shape index (κ3) is 9.05. The third-order valence-electron chi connectivity index (χ3n) is 10.0. The summed E-state index contributed by atoms with van der Waals surface area (Å²) in [7, 11) is 1.51. The van der Waals surface area contributed by atoms with E-state index in [1.807, 2.05) is 12.1 Å². The number of nitrogens with one attached hydrogen (secondary N) is 2. The third-order valence-corrected chi connectivity index (χ3v) is 10.0. The van der Waals surface area contributed by atoms with E-state index in [1.165, 1.54) is 29.6 Å². The molecule has 2 aromatic carbocycles. The van der Waals surface area contributed by atoms with Crippen molar-refractivity contribution in [3.8, 4) is 11.5 Å². The van der Waals surface area contributed by atoms with Gasteiger partial charge in [-0.3, -0.25) is 19.3 Å². The van der Waals surface area contributed by atoms with E-state index in [1.54, 1.807) is 44.7 Å². The molecule has 49 heavy (non-hydrogen) atoms. The molecule has 266 valence electrons. The number of nitrogens with zero attached hydrogens (tertiary/aromatic N) is 2. The Morgan fingerprint density at radius 3 is 2.35 bits per heavy atom. The number of carbonyl (C=O) groups is 4. The molecule has 2 fully saturated rings. The number of hydrogen-bond acceptors (Lipinski definition) is 7. The molecule has 11 nitrogen and oxygen atoms in total. The molecule has 0 bridgehead atoms. The van der Waals surface area contributed by atoms with Crippen LogP contribution in [0.2, 0.25) is 0 Å². The fraction of sp³-hybridized carbons (Fsp3) is 0.579. The lowest BCUT2D eigenvalue weighted by Gasteiger charge is -2.36. The Bertz CT molecular complexity index is 1480. The minimum absolute atomic E-state index is 0.109. The van der Waals surface area contributed by atoms with Crippen LogP contribution in [-0.2, 0) is 25.5 Å². The number of phenols is 1. The van der Waals surface area contributed by atoms with Crippen molar-refractivity contribution in [3.63, 3.8) is 0 Å². The maximum atomic E-state index is 14.7. The summed E-state index contributed by atoms with van der Waals surface area (Å²) in [5.74, 6) is -0.526. The van der Waals surface area contributed by atoms with Gasteiger partial charge in [-0.05, 0) is 101 Å². The van der Waals surface area contributed by atoms with Crippen LogP contribution in [0.5, 0.6) is 11.5 Å². The second kappa shape index (κ2) is 15.5. The van der Waals surface area contributed by atoms with Crippen LogP contribution in [0.3, 0.4) is 0 Å². The van der Waals surface area contributed by atoms with Crippen LogP contribution >= 0.6 is 0 Å². The van der Waals surface area contributed by atoms with Crippen LogP contribution in [0.15, 0.2) is 48.5 Å². The van der Waals surface area contributed by atoms with Crippen LogP contribution < -0.4 is 15.4 Å². The Morgan fingerprint density at radius 2 is 1.65 bits per heavy atom. The minimum atomic E-state index is -0.900. The van der Waals surface area contributed by atoms with Crippen LogP contribution in [0, 0.1) is 5.92 Å². The Hall–Kier alpha value is -4.28. The fourth-order valence-electron chi connectivity index (χ4n) is 7.23. The second-order valence-corrected chi connectivity index (χ2v) is 14.8. The van der Waals surface area contributed by atoms with E-state index in [-0.39, 0.29) is 42.5 Å². The molecule has 1 aliphatic heterocycles. The predicted molar refractivity (Wildman–Crippen MR) is 185 cm³/mol. The molecule has 1 saturated heterocycles. The van der Waals surface area contributed by atoms with Crippen LogP contribution in [0.1, 0.15) is 96.2 Å². The van der Waals surface area contributed by atoms with Gasteiger partial charge >= 0.3 is 6.09 Å². The summed E-state index contributed by atoms with van der Waals surface area (Å²) in [6, 6.07) is 11.8. The van der Waals surface area contributed by atoms with E-state index >= 15 is 0 Å². The van der Waals surface area contributed by atoms with Crippen molar-refractivity contribution in [3.05, 3.63) is 59.7 Å². The number of likely N-dealkylation sites (N-methyl/N-ethyl adjacent to an activating group) is 1. The number of phenolic OH excluding ortho intramolecular Hbond substituents is 1. The van der Waals surface area contributed by atoms with E-state index in [4.69, 9.17) is 9.47 Å². The van der Waals surface area contributed by atoms with Crippen molar-refractivity contribution in [2.45, 2.75) is 121 Å². The Balaban J connectivity index is 1.38. The highest BCUT2D eigenvalue weighted by molar-refractivity contribution is 5.94. The first-order valence-electron chi connectivity index (χ1n) is 17.7. The van der Waals surface area contributed by atoms with Gasteiger partial charge in [0, 0.05) is 13.5 Å². The van der Waals surface area contributed by atoms with Gasteiger partial charge in [-0.15, -0.1) is 0 Å². The van der Waals surface area contributed by atoms with Crippen molar-refractivity contribution < 1.29 is 33.8 Å². The summed E-state index contributed by atoms with van der Waals surface area (Å²) >= 11 is 0. The lowest BCUT2D eigenvalue weighted by Crippen LogP contribution is -2.59. The standard InChI is InChI=1S/C38H52N4O7/c1-24(41(5)37(47)49-38(2,3)4)34(44)40-33(26-13-7-6-8-14-26)36(46)42-23-29(48-28-20-18-27(43)19-21-28)22-32(42)35(45)39-31-17-11-15-25-12-9-10-16-30(25)31/h9-10,12,16,18-21,24,26,29,31-33,43H,6-8,11,13-15,17,22-23H2,1-5H3,(H,39,45)(H,40,44)/t24-,29-,31+,32-,33-/m0/s1. The van der Waals surface area contributed by atoms with Crippen molar-refractivity contribution in [1.82, 2.24) is 20.4 Å². The number of carbonyl (C=O) groups excluding carboxylic acids is 4. The maximum absolute atomic E-state index is 14.7. The highest BCUT2D eigenvalue weighted by Gasteiger charge is 2.46. The van der Waals surface area contributed by atoms with Gasteiger partial charge in [0.15, 0.2) is 0 Å². The number of hydrogen-bond donors (Lipinski definition) is 3. The zero-order valence-corrected chi connectivity index (χ0v) is 29.4.